The average molecular weight is 1140 g/mol. The number of methoxy groups -OCH3 is 1. The van der Waals surface area contributed by atoms with Gasteiger partial charge in [-0.2, -0.15) is 0 Å². The molecule has 0 atom stereocenters. The van der Waals surface area contributed by atoms with Crippen molar-refractivity contribution >= 4 is 47.2 Å². The molecule has 4 amide bonds. The summed E-state index contributed by atoms with van der Waals surface area (Å²) in [4.78, 5) is 80.0. The van der Waals surface area contributed by atoms with Gasteiger partial charge in [0.15, 0.2) is 17.3 Å². The molecule has 0 aliphatic carbocycles. The molecular weight excluding hydrogens is 1070 g/mol. The van der Waals surface area contributed by atoms with Gasteiger partial charge in [0.2, 0.25) is 23.6 Å². The number of guanidine groups is 1. The molecule has 2 saturated heterocycles. The van der Waals surface area contributed by atoms with Gasteiger partial charge < -0.3 is 45.3 Å². The zero-order chi connectivity index (χ0) is 58.3. The molecule has 2 fully saturated rings. The molecule has 4 aliphatic heterocycles. The Morgan fingerprint density at radius 2 is 1.55 bits per heavy atom. The maximum atomic E-state index is 15.5. The highest BCUT2D eigenvalue weighted by Gasteiger charge is 2.33. The second-order valence-electron chi connectivity index (χ2n) is 20.7. The number of aromatic nitrogens is 5. The van der Waals surface area contributed by atoms with Crippen molar-refractivity contribution < 1.29 is 48.0 Å². The minimum Gasteiger partial charge on any atom is -0.508 e. The Labute approximate surface area is 478 Å². The van der Waals surface area contributed by atoms with E-state index in [9.17, 15) is 29.4 Å². The number of hydrogen-bond acceptors (Lipinski definition) is 19. The average Bonchev–Trinajstić information content (AvgIpc) is 3.61. The van der Waals surface area contributed by atoms with E-state index in [1.54, 1.807) is 27.4 Å². The van der Waals surface area contributed by atoms with Crippen molar-refractivity contribution in [1.29, 1.82) is 0 Å². The van der Waals surface area contributed by atoms with Crippen LogP contribution in [0, 0.1) is 5.82 Å². The van der Waals surface area contributed by atoms with Gasteiger partial charge in [0.1, 0.15) is 34.6 Å². The first-order chi connectivity index (χ1) is 40.2. The third-order valence-electron chi connectivity index (χ3n) is 14.8. The van der Waals surface area contributed by atoms with Gasteiger partial charge in [0.05, 0.1) is 31.3 Å². The predicted molar refractivity (Wildman–Crippen MR) is 305 cm³/mol. The third kappa shape index (κ3) is 12.8. The molecule has 83 heavy (non-hydrogen) atoms. The lowest BCUT2D eigenvalue weighted by atomic mass is 9.98. The molecule has 2 aromatic heterocycles. The molecule has 6 N–H and O–H groups in total. The van der Waals surface area contributed by atoms with E-state index in [0.29, 0.717) is 144 Å². The number of benzene rings is 4. The quantitative estimate of drug-likeness (QED) is 0.0743. The van der Waals surface area contributed by atoms with Crippen LogP contribution in [0.15, 0.2) is 89.1 Å². The molecule has 0 spiro atoms. The van der Waals surface area contributed by atoms with Gasteiger partial charge in [0.25, 0.3) is 11.8 Å². The molecule has 0 saturated carbocycles. The molecule has 0 radical (unpaired) electrons. The molecule has 4 aromatic carbocycles. The number of piperazine rings is 2. The highest BCUT2D eigenvalue weighted by molar-refractivity contribution is 6.19. The van der Waals surface area contributed by atoms with Crippen molar-refractivity contribution in [2.24, 2.45) is 9.98 Å². The number of phenolic OH excluding ortho intramolecular Hbond substituents is 2. The highest BCUT2D eigenvalue weighted by Crippen LogP contribution is 2.43. The van der Waals surface area contributed by atoms with Gasteiger partial charge in [-0.15, -0.1) is 10.2 Å². The molecule has 24 nitrogen and oxygen atoms in total. The number of phenols is 2. The summed E-state index contributed by atoms with van der Waals surface area (Å²) in [6.45, 7) is 13.0. The summed E-state index contributed by atoms with van der Waals surface area (Å²) in [7, 11) is 1.54. The Morgan fingerprint density at radius 3 is 2.27 bits per heavy atom. The molecule has 6 aromatic rings. The summed E-state index contributed by atoms with van der Waals surface area (Å²) in [5, 5.41) is 35.5. The lowest BCUT2D eigenvalue weighted by Crippen LogP contribution is -2.51. The van der Waals surface area contributed by atoms with Crippen molar-refractivity contribution in [3.63, 3.8) is 0 Å². The first-order valence-corrected chi connectivity index (χ1v) is 27.7. The number of hydrogen-bond donors (Lipinski definition) is 5. The van der Waals surface area contributed by atoms with E-state index in [2.05, 4.69) is 40.6 Å². The molecule has 25 heteroatoms. The second-order valence-corrected chi connectivity index (χ2v) is 20.7. The molecule has 10 rings (SSSR count). The van der Waals surface area contributed by atoms with Gasteiger partial charge in [-0.05, 0) is 78.8 Å². The number of nitrogens with one attached hydrogen (secondary N) is 2. The molecule has 0 bridgehead atoms. The van der Waals surface area contributed by atoms with Gasteiger partial charge >= 0.3 is 6.09 Å². The normalized spacial score (nSPS) is 15.5. The number of anilines is 1. The number of nitrogens with zero attached hydrogens (tertiary/aromatic N) is 12. The minimum atomic E-state index is -0.639. The number of ether oxygens (including phenoxy) is 3. The zero-order valence-electron chi connectivity index (χ0n) is 46.7. The summed E-state index contributed by atoms with van der Waals surface area (Å²) in [5.41, 5.74) is 9.79. The van der Waals surface area contributed by atoms with Crippen molar-refractivity contribution in [3.8, 4) is 45.8 Å². The Kier molecular flexibility index (Phi) is 17.4. The fourth-order valence-corrected chi connectivity index (χ4v) is 10.4. The summed E-state index contributed by atoms with van der Waals surface area (Å²) in [6, 6.07) is 18.4. The van der Waals surface area contributed by atoms with Crippen LogP contribution in [0.5, 0.6) is 28.7 Å². The van der Waals surface area contributed by atoms with Gasteiger partial charge in [-0.25, -0.2) is 24.1 Å². The molecule has 4 aliphatic rings. The Bertz CT molecular complexity index is 3450. The first kappa shape index (κ1) is 57.0. The number of rotatable bonds is 17. The fourth-order valence-electron chi connectivity index (χ4n) is 10.4. The Balaban J connectivity index is 0.663. The largest absolute Gasteiger partial charge is 0.508 e. The number of nitrogen functional groups attached to an aromatic ring is 1. The fraction of sp³-hybridized carbons (Fsp3) is 0.379. The number of fused-ring (bicyclic) bond motifs is 3. The smallest absolute Gasteiger partial charge is 0.415 e. The number of amidine groups is 1. The van der Waals surface area contributed by atoms with E-state index in [-0.39, 0.29) is 64.2 Å². The van der Waals surface area contributed by atoms with Crippen molar-refractivity contribution in [2.75, 3.05) is 98.0 Å². The van der Waals surface area contributed by atoms with Crippen LogP contribution in [0.3, 0.4) is 0 Å². The summed E-state index contributed by atoms with van der Waals surface area (Å²) in [5.74, 6) is 0.215. The van der Waals surface area contributed by atoms with Crippen LogP contribution in [0.1, 0.15) is 82.8 Å². The topological polar surface area (TPSA) is 284 Å². The maximum absolute atomic E-state index is 15.5. The van der Waals surface area contributed by atoms with Crippen LogP contribution in [0.25, 0.3) is 17.1 Å². The summed E-state index contributed by atoms with van der Waals surface area (Å²) in [6.07, 6.45) is 3.43. The summed E-state index contributed by atoms with van der Waals surface area (Å²) >= 11 is 0. The number of amides is 4. The van der Waals surface area contributed by atoms with Crippen LogP contribution in [-0.4, -0.2) is 187 Å². The van der Waals surface area contributed by atoms with Crippen LogP contribution in [-0.2, 0) is 17.8 Å². The lowest BCUT2D eigenvalue weighted by Gasteiger charge is -2.35. The first-order valence-electron chi connectivity index (χ1n) is 27.7. The van der Waals surface area contributed by atoms with Crippen LogP contribution in [0.4, 0.5) is 20.8 Å². The van der Waals surface area contributed by atoms with Crippen molar-refractivity contribution in [2.45, 2.75) is 52.5 Å². The van der Waals surface area contributed by atoms with Crippen LogP contribution < -0.4 is 30.6 Å². The minimum absolute atomic E-state index is 0.0391. The number of carbonyl (C=O) groups excluding carboxylic acids is 4. The lowest BCUT2D eigenvalue weighted by molar-refractivity contribution is -0.132. The van der Waals surface area contributed by atoms with Crippen LogP contribution in [0.2, 0.25) is 0 Å². The van der Waals surface area contributed by atoms with Crippen LogP contribution >= 0.6 is 0 Å². The number of halogens is 1. The second kappa shape index (κ2) is 25.3. The standard InChI is InChI=1S/C58H66FN15O9/c1-5-61-55(79)53-68-67-52(43-30-42(35(2)3)45(75)31-46(43)76)74(53)39-11-8-36(9-12-39)34-70-21-23-71(24-22-70)48(77)28-37-10-13-40(29-44(37)59)83-58(80)72-25-19-69(20-26-72)17-7-27-82-47-15-14-41-49(50(47)81-4)65-57(73-18-6-16-62-51(41)73)66-54(78)38-32-63-56(60)64-33-38/h8-15,29-33,35,75-76H,5-7,16-28,34H2,1-4H3,(H,61,79)(H2,60,63,64)(H,65,66,78). The summed E-state index contributed by atoms with van der Waals surface area (Å²) < 4.78 is 34.7. The number of aliphatic imine (C=N–C) groups is 2. The highest BCUT2D eigenvalue weighted by atomic mass is 19.1. The Hall–Kier alpha value is -9.23. The van der Waals surface area contributed by atoms with E-state index in [0.717, 1.165) is 23.6 Å². The number of nitrogens with two attached hydrogens (primary N) is 1. The van der Waals surface area contributed by atoms with Crippen molar-refractivity contribution in [1.82, 2.24) is 59.9 Å². The van der Waals surface area contributed by atoms with E-state index in [1.165, 1.54) is 37.7 Å². The Morgan fingerprint density at radius 1 is 0.819 bits per heavy atom. The predicted octanol–water partition coefficient (Wildman–Crippen LogP) is 5.09. The monoisotopic (exact) mass is 1140 g/mol. The van der Waals surface area contributed by atoms with Crippen molar-refractivity contribution in [3.05, 3.63) is 119 Å². The molecule has 6 heterocycles. The van der Waals surface area contributed by atoms with E-state index < -0.39 is 23.7 Å². The van der Waals surface area contributed by atoms with Gasteiger partial charge in [-0.1, -0.05) is 32.0 Å². The molecule has 434 valence electrons. The number of aromatic hydroxyl groups is 2. The van der Waals surface area contributed by atoms with E-state index in [4.69, 9.17) is 29.9 Å². The van der Waals surface area contributed by atoms with E-state index >= 15 is 4.39 Å². The maximum Gasteiger partial charge on any atom is 0.415 e. The third-order valence-corrected chi connectivity index (χ3v) is 14.8. The molecular formula is C58H66FN15O9. The van der Waals surface area contributed by atoms with E-state index in [1.807, 2.05) is 55.1 Å². The number of carbonyl (C=O) groups is 4. The SMILES string of the molecule is CCNC(=O)c1nnc(-c2cc(C(C)C)c(O)cc2O)n1-c1ccc(CN2CCN(C(=O)Cc3ccc(OC(=O)N4CCN(CCCOc5ccc6c(c5OC)N=C(NC(=O)c5cnc(N)nc5)N5CCCN=C65)CC4)cc3F)CC2)cc1. The van der Waals surface area contributed by atoms with Gasteiger partial charge in [-0.3, -0.25) is 44.0 Å². The zero-order valence-corrected chi connectivity index (χ0v) is 46.7. The van der Waals surface area contributed by atoms with Gasteiger partial charge in [0, 0.05) is 121 Å². The molecule has 0 unspecified atom stereocenters.